The summed E-state index contributed by atoms with van der Waals surface area (Å²) in [6.45, 7) is 7.38. The Hall–Kier alpha value is -2.51. The summed E-state index contributed by atoms with van der Waals surface area (Å²) in [6.07, 6.45) is 3.13. The van der Waals surface area contributed by atoms with E-state index in [-0.39, 0.29) is 16.7 Å². The molecular weight excluding hydrogens is 396 g/mol. The minimum Gasteiger partial charge on any atom is -0.344 e. The summed E-state index contributed by atoms with van der Waals surface area (Å²) in [5, 5.41) is 15.0. The van der Waals surface area contributed by atoms with E-state index >= 15 is 0 Å². The molecule has 0 saturated carbocycles. The fraction of sp³-hybridized carbons (Fsp3) is 0.435. The maximum Gasteiger partial charge on any atom is 0.292 e. The number of hydrogen-bond donors (Lipinski definition) is 1. The van der Waals surface area contributed by atoms with Crippen molar-refractivity contribution in [1.82, 2.24) is 9.80 Å². The zero-order valence-electron chi connectivity index (χ0n) is 17.7. The maximum atomic E-state index is 11.3. The van der Waals surface area contributed by atoms with Gasteiger partial charge >= 0.3 is 0 Å². The van der Waals surface area contributed by atoms with Crippen LogP contribution in [0.5, 0.6) is 0 Å². The van der Waals surface area contributed by atoms with Crippen molar-refractivity contribution in [2.45, 2.75) is 45.2 Å². The molecule has 0 unspecified atom stereocenters. The molecule has 0 atom stereocenters. The molecule has 2 aromatic carbocycles. The Labute approximate surface area is 184 Å². The smallest absolute Gasteiger partial charge is 0.292 e. The van der Waals surface area contributed by atoms with Gasteiger partial charge in [-0.15, -0.1) is 0 Å². The van der Waals surface area contributed by atoms with Crippen LogP contribution in [0.25, 0.3) is 0 Å². The predicted octanol–water partition coefficient (Wildman–Crippen LogP) is 4.71. The lowest BCUT2D eigenvalue weighted by molar-refractivity contribution is -0.383. The molecule has 7 heteroatoms. The highest BCUT2D eigenvalue weighted by atomic mass is 32.1. The molecule has 1 aliphatic heterocycles. The topological polar surface area (TPSA) is 61.6 Å². The van der Waals surface area contributed by atoms with Gasteiger partial charge in [0.15, 0.2) is 5.11 Å². The standard InChI is InChI=1S/C23H30N4O2S/c1-18(2)26(23(30)24-21-10-6-7-11-22(21)27(28)29)20-13-16-25(17-14-20)15-12-19-8-4-3-5-9-19/h3-11,18,20H,12-17H2,1-2H3,(H,24,30). The normalized spacial score (nSPS) is 15.2. The van der Waals surface area contributed by atoms with Gasteiger partial charge in [-0.1, -0.05) is 42.5 Å². The second-order valence-electron chi connectivity index (χ2n) is 8.01. The monoisotopic (exact) mass is 426 g/mol. The molecule has 3 rings (SSSR count). The highest BCUT2D eigenvalue weighted by Crippen LogP contribution is 2.26. The Morgan fingerprint density at radius 2 is 1.80 bits per heavy atom. The number of piperidine rings is 1. The zero-order valence-corrected chi connectivity index (χ0v) is 18.5. The van der Waals surface area contributed by atoms with Crippen molar-refractivity contribution in [3.8, 4) is 0 Å². The van der Waals surface area contributed by atoms with Crippen molar-refractivity contribution in [1.29, 1.82) is 0 Å². The first kappa shape index (κ1) is 22.2. The molecule has 1 heterocycles. The molecule has 1 aliphatic rings. The second kappa shape index (κ2) is 10.5. The molecular formula is C23H30N4O2S. The summed E-state index contributed by atoms with van der Waals surface area (Å²) in [7, 11) is 0. The highest BCUT2D eigenvalue weighted by Gasteiger charge is 2.28. The number of nitro groups is 1. The van der Waals surface area contributed by atoms with Crippen molar-refractivity contribution >= 4 is 28.7 Å². The fourth-order valence-corrected chi connectivity index (χ4v) is 4.56. The summed E-state index contributed by atoms with van der Waals surface area (Å²) < 4.78 is 0. The SMILES string of the molecule is CC(C)N(C(=S)Nc1ccccc1[N+](=O)[O-])C1CCN(CCc2ccccc2)CC1. The van der Waals surface area contributed by atoms with Crippen LogP contribution in [0.3, 0.4) is 0 Å². The van der Waals surface area contributed by atoms with Crippen molar-refractivity contribution in [3.63, 3.8) is 0 Å². The molecule has 6 nitrogen and oxygen atoms in total. The molecule has 0 aliphatic carbocycles. The van der Waals surface area contributed by atoms with Gasteiger partial charge in [0.2, 0.25) is 0 Å². The molecule has 1 fully saturated rings. The number of para-hydroxylation sites is 2. The van der Waals surface area contributed by atoms with E-state index < -0.39 is 0 Å². The van der Waals surface area contributed by atoms with E-state index in [1.807, 2.05) is 0 Å². The van der Waals surface area contributed by atoms with Crippen molar-refractivity contribution in [2.24, 2.45) is 0 Å². The van der Waals surface area contributed by atoms with Gasteiger partial charge in [0, 0.05) is 37.8 Å². The number of benzene rings is 2. The van der Waals surface area contributed by atoms with Gasteiger partial charge in [-0.3, -0.25) is 10.1 Å². The Balaban J connectivity index is 1.58. The molecule has 0 bridgehead atoms. The van der Waals surface area contributed by atoms with Gasteiger partial charge in [0.25, 0.3) is 5.69 Å². The average Bonchev–Trinajstić information content (AvgIpc) is 2.74. The Bertz CT molecular complexity index is 851. The number of hydrogen-bond acceptors (Lipinski definition) is 4. The van der Waals surface area contributed by atoms with E-state index in [9.17, 15) is 10.1 Å². The molecule has 30 heavy (non-hydrogen) atoms. The van der Waals surface area contributed by atoms with Gasteiger partial charge in [-0.05, 0) is 57.0 Å². The van der Waals surface area contributed by atoms with E-state index in [0.717, 1.165) is 38.9 Å². The first-order chi connectivity index (χ1) is 14.5. The van der Waals surface area contributed by atoms with Gasteiger partial charge in [0.05, 0.1) is 4.92 Å². The molecule has 160 valence electrons. The third-order valence-corrected chi connectivity index (χ3v) is 5.96. The second-order valence-corrected chi connectivity index (χ2v) is 8.40. The number of rotatable bonds is 7. The number of thiocarbonyl (C=S) groups is 1. The summed E-state index contributed by atoms with van der Waals surface area (Å²) >= 11 is 5.68. The van der Waals surface area contributed by atoms with Crippen LogP contribution in [-0.4, -0.2) is 51.6 Å². The van der Waals surface area contributed by atoms with Crippen LogP contribution in [0.15, 0.2) is 54.6 Å². The molecule has 1 saturated heterocycles. The number of anilines is 1. The predicted molar refractivity (Wildman–Crippen MR) is 126 cm³/mol. The largest absolute Gasteiger partial charge is 0.344 e. The minimum atomic E-state index is -0.379. The first-order valence-corrected chi connectivity index (χ1v) is 11.0. The molecule has 0 aromatic heterocycles. The van der Waals surface area contributed by atoms with E-state index in [1.54, 1.807) is 18.2 Å². The number of nitrogens with zero attached hydrogens (tertiary/aromatic N) is 3. The van der Waals surface area contributed by atoms with Crippen LogP contribution < -0.4 is 5.32 Å². The maximum absolute atomic E-state index is 11.3. The van der Waals surface area contributed by atoms with Gasteiger partial charge in [-0.2, -0.15) is 0 Å². The summed E-state index contributed by atoms with van der Waals surface area (Å²) in [6, 6.07) is 17.8. The quantitative estimate of drug-likeness (QED) is 0.393. The van der Waals surface area contributed by atoms with Crippen molar-refractivity contribution in [2.75, 3.05) is 25.0 Å². The van der Waals surface area contributed by atoms with Crippen LogP contribution in [0.2, 0.25) is 0 Å². The van der Waals surface area contributed by atoms with E-state index in [0.29, 0.717) is 16.8 Å². The summed E-state index contributed by atoms with van der Waals surface area (Å²) in [4.78, 5) is 15.7. The van der Waals surface area contributed by atoms with Crippen LogP contribution in [0, 0.1) is 10.1 Å². The van der Waals surface area contributed by atoms with Gasteiger partial charge in [-0.25, -0.2) is 0 Å². The van der Waals surface area contributed by atoms with E-state index in [2.05, 4.69) is 59.3 Å². The minimum absolute atomic E-state index is 0.0410. The molecule has 0 amide bonds. The lowest BCUT2D eigenvalue weighted by atomic mass is 10.0. The Kier molecular flexibility index (Phi) is 7.76. The van der Waals surface area contributed by atoms with Crippen molar-refractivity contribution < 1.29 is 4.92 Å². The molecule has 0 radical (unpaired) electrons. The van der Waals surface area contributed by atoms with Gasteiger partial charge < -0.3 is 15.1 Å². The average molecular weight is 427 g/mol. The third kappa shape index (κ3) is 5.77. The molecule has 2 aromatic rings. The lowest BCUT2D eigenvalue weighted by Crippen LogP contribution is -2.51. The summed E-state index contributed by atoms with van der Waals surface area (Å²) in [5.74, 6) is 0. The first-order valence-electron chi connectivity index (χ1n) is 10.5. The summed E-state index contributed by atoms with van der Waals surface area (Å²) in [5.41, 5.74) is 1.86. The zero-order chi connectivity index (χ0) is 21.5. The lowest BCUT2D eigenvalue weighted by Gasteiger charge is -2.42. The Morgan fingerprint density at radius 1 is 1.17 bits per heavy atom. The highest BCUT2D eigenvalue weighted by molar-refractivity contribution is 7.80. The fourth-order valence-electron chi connectivity index (χ4n) is 4.09. The molecule has 1 N–H and O–H groups in total. The van der Waals surface area contributed by atoms with E-state index in [4.69, 9.17) is 12.2 Å². The van der Waals surface area contributed by atoms with Gasteiger partial charge in [0.1, 0.15) is 5.69 Å². The van der Waals surface area contributed by atoms with Crippen molar-refractivity contribution in [3.05, 3.63) is 70.3 Å². The van der Waals surface area contributed by atoms with Crippen LogP contribution >= 0.6 is 12.2 Å². The Morgan fingerprint density at radius 3 is 2.43 bits per heavy atom. The molecule has 0 spiro atoms. The number of nitro benzene ring substituents is 1. The number of nitrogens with one attached hydrogen (secondary N) is 1. The van der Waals surface area contributed by atoms with Crippen LogP contribution in [0.4, 0.5) is 11.4 Å². The third-order valence-electron chi connectivity index (χ3n) is 5.64. The van der Waals surface area contributed by atoms with Crippen LogP contribution in [0.1, 0.15) is 32.3 Å². The van der Waals surface area contributed by atoms with E-state index in [1.165, 1.54) is 11.6 Å². The van der Waals surface area contributed by atoms with Crippen LogP contribution in [-0.2, 0) is 6.42 Å². The number of likely N-dealkylation sites (tertiary alicyclic amines) is 1.